The van der Waals surface area contributed by atoms with E-state index in [0.29, 0.717) is 0 Å². The molecule has 0 atom stereocenters. The van der Waals surface area contributed by atoms with Crippen molar-refractivity contribution >= 4 is 6.08 Å². The Hall–Kier alpha value is -1.50. The third-order valence-corrected chi connectivity index (χ3v) is 1.68. The highest BCUT2D eigenvalue weighted by Crippen LogP contribution is 2.12. The lowest BCUT2D eigenvalue weighted by Gasteiger charge is -1.98. The first-order valence-electron chi connectivity index (χ1n) is 4.20. The number of hydrogen-bond acceptors (Lipinski definition) is 1. The predicted octanol–water partition coefficient (Wildman–Crippen LogP) is 3.28. The van der Waals surface area contributed by atoms with Gasteiger partial charge in [0.15, 0.2) is 0 Å². The molecule has 0 amide bonds. The fourth-order valence-electron chi connectivity index (χ4n) is 0.954. The molecule has 1 heteroatoms. The Bertz CT molecular complexity index is 306. The quantitative estimate of drug-likeness (QED) is 0.639. The van der Waals surface area contributed by atoms with Crippen LogP contribution in [-0.4, -0.2) is 7.11 Å². The summed E-state index contributed by atoms with van der Waals surface area (Å²) in [5.41, 5.74) is 2.21. The van der Waals surface area contributed by atoms with Gasteiger partial charge in [-0.2, -0.15) is 0 Å². The van der Waals surface area contributed by atoms with Crippen LogP contribution >= 0.6 is 0 Å². The van der Waals surface area contributed by atoms with Crippen molar-refractivity contribution in [2.24, 2.45) is 0 Å². The largest absolute Gasteiger partial charge is 0.497 e. The zero-order valence-electron chi connectivity index (χ0n) is 8.08. The molecular formula is C12H14O. The van der Waals surface area contributed by atoms with Crippen molar-refractivity contribution in [3.05, 3.63) is 48.1 Å². The molecule has 0 aliphatic rings. The predicted molar refractivity (Wildman–Crippen MR) is 56.8 cm³/mol. The maximum absolute atomic E-state index is 5.05. The number of allylic oxidation sites excluding steroid dienone is 2. The molecule has 1 aromatic carbocycles. The summed E-state index contributed by atoms with van der Waals surface area (Å²) in [6, 6.07) is 7.91. The Morgan fingerprint density at radius 2 is 1.92 bits per heavy atom. The molecule has 0 saturated heterocycles. The van der Waals surface area contributed by atoms with Crippen molar-refractivity contribution in [3.63, 3.8) is 0 Å². The van der Waals surface area contributed by atoms with Crippen LogP contribution in [0.15, 0.2) is 42.5 Å². The molecule has 1 aromatic rings. The lowest BCUT2D eigenvalue weighted by atomic mass is 10.2. The minimum absolute atomic E-state index is 0.882. The van der Waals surface area contributed by atoms with Crippen molar-refractivity contribution in [3.8, 4) is 5.75 Å². The van der Waals surface area contributed by atoms with Crippen molar-refractivity contribution < 1.29 is 4.74 Å². The van der Waals surface area contributed by atoms with Crippen molar-refractivity contribution in [2.45, 2.75) is 6.92 Å². The van der Waals surface area contributed by atoms with Crippen LogP contribution in [0.4, 0.5) is 0 Å². The van der Waals surface area contributed by atoms with Gasteiger partial charge in [0, 0.05) is 0 Å². The van der Waals surface area contributed by atoms with Crippen LogP contribution < -0.4 is 4.74 Å². The average Bonchev–Trinajstić information content (AvgIpc) is 2.15. The lowest BCUT2D eigenvalue weighted by molar-refractivity contribution is 0.415. The van der Waals surface area contributed by atoms with Crippen LogP contribution in [0.1, 0.15) is 12.5 Å². The van der Waals surface area contributed by atoms with E-state index in [1.54, 1.807) is 7.11 Å². The molecule has 13 heavy (non-hydrogen) atoms. The Morgan fingerprint density at radius 3 is 2.38 bits per heavy atom. The molecule has 0 heterocycles. The summed E-state index contributed by atoms with van der Waals surface area (Å²) in [6.07, 6.45) is 4.02. The Balaban J connectivity index is 2.75. The van der Waals surface area contributed by atoms with Gasteiger partial charge >= 0.3 is 0 Å². The third kappa shape index (κ3) is 3.16. The molecule has 0 aliphatic carbocycles. The van der Waals surface area contributed by atoms with E-state index < -0.39 is 0 Å². The fraction of sp³-hybridized carbons (Fsp3) is 0.167. The second-order valence-corrected chi connectivity index (χ2v) is 2.95. The molecular weight excluding hydrogens is 160 g/mol. The van der Waals surface area contributed by atoms with Gasteiger partial charge in [-0.15, -0.1) is 0 Å². The monoisotopic (exact) mass is 174 g/mol. The minimum Gasteiger partial charge on any atom is -0.497 e. The van der Waals surface area contributed by atoms with Crippen LogP contribution in [0, 0.1) is 0 Å². The molecule has 0 aromatic heterocycles. The highest BCUT2D eigenvalue weighted by Gasteiger charge is 1.89. The van der Waals surface area contributed by atoms with E-state index in [1.807, 2.05) is 43.3 Å². The van der Waals surface area contributed by atoms with E-state index in [1.165, 1.54) is 0 Å². The molecule has 0 saturated carbocycles. The second kappa shape index (κ2) is 4.51. The first kappa shape index (κ1) is 9.59. The fourth-order valence-corrected chi connectivity index (χ4v) is 0.954. The van der Waals surface area contributed by atoms with E-state index in [2.05, 4.69) is 6.58 Å². The topological polar surface area (TPSA) is 9.23 Å². The zero-order chi connectivity index (χ0) is 9.68. The van der Waals surface area contributed by atoms with Crippen molar-refractivity contribution in [1.29, 1.82) is 0 Å². The molecule has 1 rings (SSSR count). The highest BCUT2D eigenvalue weighted by molar-refractivity contribution is 5.53. The average molecular weight is 174 g/mol. The smallest absolute Gasteiger partial charge is 0.118 e. The van der Waals surface area contributed by atoms with E-state index >= 15 is 0 Å². The van der Waals surface area contributed by atoms with Gasteiger partial charge in [-0.3, -0.25) is 0 Å². The van der Waals surface area contributed by atoms with Gasteiger partial charge in [0.05, 0.1) is 7.11 Å². The molecule has 0 unspecified atom stereocenters. The Kier molecular flexibility index (Phi) is 3.32. The standard InChI is InChI=1S/C12H14O/c1-10(2)4-5-11-6-8-12(13-3)9-7-11/h4-9H,1H2,2-3H3/b5-4+. The second-order valence-electron chi connectivity index (χ2n) is 2.95. The molecule has 1 nitrogen and oxygen atoms in total. The van der Waals surface area contributed by atoms with Crippen LogP contribution in [0.5, 0.6) is 5.75 Å². The molecule has 68 valence electrons. The van der Waals surface area contributed by atoms with Crippen LogP contribution in [-0.2, 0) is 0 Å². The summed E-state index contributed by atoms with van der Waals surface area (Å²) in [6.45, 7) is 5.76. The number of ether oxygens (including phenoxy) is 1. The molecule has 0 spiro atoms. The Morgan fingerprint density at radius 1 is 1.31 bits per heavy atom. The van der Waals surface area contributed by atoms with E-state index in [-0.39, 0.29) is 0 Å². The van der Waals surface area contributed by atoms with Crippen molar-refractivity contribution in [1.82, 2.24) is 0 Å². The maximum Gasteiger partial charge on any atom is 0.118 e. The first-order chi connectivity index (χ1) is 6.22. The van der Waals surface area contributed by atoms with Crippen LogP contribution in [0.3, 0.4) is 0 Å². The summed E-state index contributed by atoms with van der Waals surface area (Å²) in [7, 11) is 1.67. The van der Waals surface area contributed by atoms with E-state index in [9.17, 15) is 0 Å². The maximum atomic E-state index is 5.05. The summed E-state index contributed by atoms with van der Waals surface area (Å²) in [5, 5.41) is 0. The molecule has 0 N–H and O–H groups in total. The van der Waals surface area contributed by atoms with Gasteiger partial charge in [0.1, 0.15) is 5.75 Å². The number of rotatable bonds is 3. The number of benzene rings is 1. The number of hydrogen-bond donors (Lipinski definition) is 0. The first-order valence-corrected chi connectivity index (χ1v) is 4.20. The van der Waals surface area contributed by atoms with E-state index in [0.717, 1.165) is 16.9 Å². The molecule has 0 fully saturated rings. The highest BCUT2D eigenvalue weighted by atomic mass is 16.5. The summed E-state index contributed by atoms with van der Waals surface area (Å²) in [5.74, 6) is 0.882. The normalized spacial score (nSPS) is 10.3. The lowest BCUT2D eigenvalue weighted by Crippen LogP contribution is -1.81. The van der Waals surface area contributed by atoms with Crippen LogP contribution in [0.25, 0.3) is 6.08 Å². The third-order valence-electron chi connectivity index (χ3n) is 1.68. The number of methoxy groups -OCH3 is 1. The van der Waals surface area contributed by atoms with Gasteiger partial charge in [0.25, 0.3) is 0 Å². The van der Waals surface area contributed by atoms with Gasteiger partial charge in [-0.05, 0) is 24.6 Å². The van der Waals surface area contributed by atoms with Gasteiger partial charge in [0.2, 0.25) is 0 Å². The van der Waals surface area contributed by atoms with Gasteiger partial charge < -0.3 is 4.74 Å². The zero-order valence-corrected chi connectivity index (χ0v) is 8.08. The summed E-state index contributed by atoms with van der Waals surface area (Å²) in [4.78, 5) is 0. The van der Waals surface area contributed by atoms with Crippen molar-refractivity contribution in [2.75, 3.05) is 7.11 Å². The van der Waals surface area contributed by atoms with E-state index in [4.69, 9.17) is 4.74 Å². The Labute approximate surface area is 79.4 Å². The molecule has 0 bridgehead atoms. The molecule has 0 aliphatic heterocycles. The summed E-state index contributed by atoms with van der Waals surface area (Å²) < 4.78 is 5.05. The summed E-state index contributed by atoms with van der Waals surface area (Å²) >= 11 is 0. The van der Waals surface area contributed by atoms with Gasteiger partial charge in [-0.25, -0.2) is 0 Å². The molecule has 0 radical (unpaired) electrons. The SMILES string of the molecule is C=C(C)/C=C/c1ccc(OC)cc1. The van der Waals surface area contributed by atoms with Gasteiger partial charge in [-0.1, -0.05) is 36.4 Å². The van der Waals surface area contributed by atoms with Crippen LogP contribution in [0.2, 0.25) is 0 Å². The minimum atomic E-state index is 0.882.